The molecule has 3 heterocycles. The fourth-order valence-electron chi connectivity index (χ4n) is 4.14. The van der Waals surface area contributed by atoms with Crippen LogP contribution in [0.3, 0.4) is 0 Å². The molecule has 0 spiro atoms. The Morgan fingerprint density at radius 1 is 1.06 bits per heavy atom. The average Bonchev–Trinajstić information content (AvgIpc) is 3.23. The molecule has 0 radical (unpaired) electrons. The van der Waals surface area contributed by atoms with E-state index in [4.69, 9.17) is 9.84 Å². The van der Waals surface area contributed by atoms with Gasteiger partial charge in [0, 0.05) is 36.6 Å². The number of fused-ring (bicyclic) bond motifs is 1. The summed E-state index contributed by atoms with van der Waals surface area (Å²) in [7, 11) is 0. The van der Waals surface area contributed by atoms with Crippen LogP contribution in [0.25, 0.3) is 16.9 Å². The molecule has 10 heteroatoms. The molecule has 0 atom stereocenters. The zero-order valence-corrected chi connectivity index (χ0v) is 21.0. The van der Waals surface area contributed by atoms with Crippen molar-refractivity contribution in [2.75, 3.05) is 17.2 Å². The van der Waals surface area contributed by atoms with E-state index in [0.29, 0.717) is 12.0 Å². The molecular formula is C25H36N8O2. The lowest BCUT2D eigenvalue weighted by Gasteiger charge is -2.30. The van der Waals surface area contributed by atoms with Crippen molar-refractivity contribution in [1.29, 1.82) is 0 Å². The monoisotopic (exact) mass is 480 g/mol. The Morgan fingerprint density at radius 2 is 1.77 bits per heavy atom. The van der Waals surface area contributed by atoms with Crippen molar-refractivity contribution in [3.8, 4) is 11.3 Å². The number of ether oxygens (including phenoxy) is 1. The Hall–Kier alpha value is -3.43. The van der Waals surface area contributed by atoms with Gasteiger partial charge < -0.3 is 20.7 Å². The number of unbranched alkanes of at least 4 members (excludes halogenated alkanes) is 1. The highest BCUT2D eigenvalue weighted by molar-refractivity contribution is 5.68. The molecule has 0 unspecified atom stereocenters. The van der Waals surface area contributed by atoms with E-state index < -0.39 is 5.60 Å². The number of anilines is 2. The van der Waals surface area contributed by atoms with Gasteiger partial charge in [0.15, 0.2) is 5.65 Å². The summed E-state index contributed by atoms with van der Waals surface area (Å²) in [6.07, 6.45) is 10.9. The normalized spacial score (nSPS) is 18.3. The van der Waals surface area contributed by atoms with Gasteiger partial charge in [-0.2, -0.15) is 0 Å². The van der Waals surface area contributed by atoms with E-state index in [1.807, 2.05) is 37.4 Å². The Bertz CT molecular complexity index is 1110. The van der Waals surface area contributed by atoms with Gasteiger partial charge in [-0.15, -0.1) is 5.10 Å². The molecule has 1 aliphatic rings. The Kier molecular flexibility index (Phi) is 7.67. The summed E-state index contributed by atoms with van der Waals surface area (Å²) >= 11 is 0. The largest absolute Gasteiger partial charge is 0.444 e. The van der Waals surface area contributed by atoms with Crippen LogP contribution in [0.2, 0.25) is 0 Å². The topological polar surface area (TPSA) is 118 Å². The highest BCUT2D eigenvalue weighted by Gasteiger charge is 2.25. The molecule has 1 amide bonds. The molecule has 3 N–H and O–H groups in total. The van der Waals surface area contributed by atoms with Crippen LogP contribution in [0, 0.1) is 0 Å². The molecular weight excluding hydrogens is 444 g/mol. The minimum atomic E-state index is -0.487. The van der Waals surface area contributed by atoms with Gasteiger partial charge in [0.05, 0.1) is 11.9 Å². The molecule has 10 nitrogen and oxygen atoms in total. The summed E-state index contributed by atoms with van der Waals surface area (Å²) in [6, 6.07) is 4.34. The van der Waals surface area contributed by atoms with Crippen molar-refractivity contribution in [2.24, 2.45) is 0 Å². The maximum Gasteiger partial charge on any atom is 0.407 e. The fraction of sp³-hybridized carbons (Fsp3) is 0.560. The Labute approximate surface area is 206 Å². The smallest absolute Gasteiger partial charge is 0.407 e. The van der Waals surface area contributed by atoms with Crippen LogP contribution in [0.15, 0.2) is 30.7 Å². The molecule has 0 aromatic carbocycles. The molecule has 4 rings (SSSR count). The maximum atomic E-state index is 12.0. The van der Waals surface area contributed by atoms with Crippen molar-refractivity contribution in [2.45, 2.75) is 83.9 Å². The Morgan fingerprint density at radius 3 is 2.46 bits per heavy atom. The van der Waals surface area contributed by atoms with E-state index in [-0.39, 0.29) is 12.1 Å². The van der Waals surface area contributed by atoms with Crippen LogP contribution in [0.4, 0.5) is 16.6 Å². The highest BCUT2D eigenvalue weighted by Crippen LogP contribution is 2.24. The third-order valence-electron chi connectivity index (χ3n) is 5.92. The summed E-state index contributed by atoms with van der Waals surface area (Å²) in [4.78, 5) is 25.4. The molecule has 35 heavy (non-hydrogen) atoms. The number of carbonyl (C=O) groups is 1. The second kappa shape index (κ2) is 10.9. The number of imidazole rings is 1. The van der Waals surface area contributed by atoms with Gasteiger partial charge in [0.25, 0.3) is 0 Å². The molecule has 1 saturated carbocycles. The summed E-state index contributed by atoms with van der Waals surface area (Å²) in [5.41, 5.74) is 1.98. The first kappa shape index (κ1) is 24.7. The van der Waals surface area contributed by atoms with Crippen LogP contribution < -0.4 is 16.0 Å². The number of amides is 1. The lowest BCUT2D eigenvalue weighted by molar-refractivity contribution is 0.0492. The molecule has 3 aromatic heterocycles. The lowest BCUT2D eigenvalue weighted by Crippen LogP contribution is -2.42. The molecule has 3 aromatic rings. The number of rotatable bonds is 8. The zero-order valence-electron chi connectivity index (χ0n) is 21.0. The van der Waals surface area contributed by atoms with Gasteiger partial charge in [-0.25, -0.2) is 24.3 Å². The SMILES string of the molecule is CCCCNc1ncc(-c2cnc3ccc(N[C@H]4CC[C@H](NC(=O)OC(C)(C)C)CC4)nn23)cn1. The number of carbonyl (C=O) groups excluding carboxylic acids is 1. The fourth-order valence-corrected chi connectivity index (χ4v) is 4.14. The van der Waals surface area contributed by atoms with E-state index in [0.717, 1.165) is 67.8 Å². The van der Waals surface area contributed by atoms with Gasteiger partial charge in [-0.1, -0.05) is 13.3 Å². The van der Waals surface area contributed by atoms with Gasteiger partial charge in [-0.3, -0.25) is 0 Å². The minimum Gasteiger partial charge on any atom is -0.444 e. The first-order valence-electron chi connectivity index (χ1n) is 12.5. The minimum absolute atomic E-state index is 0.137. The number of hydrogen-bond donors (Lipinski definition) is 3. The standard InChI is InChI=1S/C25H36N8O2/c1-5-6-13-26-23-28-14-17(15-29-23)20-16-27-22-12-11-21(32-33(20)22)30-18-7-9-19(10-8-18)31-24(34)35-25(2,3)4/h11-12,14-16,18-19H,5-10,13H2,1-4H3,(H,30,32)(H,31,34)(H,26,28,29)/t18-,19-. The quantitative estimate of drug-likeness (QED) is 0.399. The highest BCUT2D eigenvalue weighted by atomic mass is 16.6. The maximum absolute atomic E-state index is 12.0. The van der Waals surface area contributed by atoms with E-state index in [9.17, 15) is 4.79 Å². The summed E-state index contributed by atoms with van der Waals surface area (Å²) in [5, 5.41) is 14.5. The molecule has 188 valence electrons. The van der Waals surface area contributed by atoms with E-state index in [1.54, 1.807) is 18.6 Å². The van der Waals surface area contributed by atoms with Gasteiger partial charge in [-0.05, 0) is 65.0 Å². The van der Waals surface area contributed by atoms with Gasteiger partial charge in [0.1, 0.15) is 11.4 Å². The van der Waals surface area contributed by atoms with Crippen molar-refractivity contribution in [3.63, 3.8) is 0 Å². The predicted octanol–water partition coefficient (Wildman–Crippen LogP) is 4.65. The van der Waals surface area contributed by atoms with E-state index >= 15 is 0 Å². The van der Waals surface area contributed by atoms with Crippen molar-refractivity contribution < 1.29 is 9.53 Å². The average molecular weight is 481 g/mol. The molecule has 0 aliphatic heterocycles. The van der Waals surface area contributed by atoms with Crippen LogP contribution in [0.5, 0.6) is 0 Å². The number of aromatic nitrogens is 5. The third-order valence-corrected chi connectivity index (χ3v) is 5.92. The predicted molar refractivity (Wildman–Crippen MR) is 136 cm³/mol. The second-order valence-electron chi connectivity index (χ2n) is 10.0. The van der Waals surface area contributed by atoms with Crippen molar-refractivity contribution >= 4 is 23.5 Å². The lowest BCUT2D eigenvalue weighted by atomic mass is 9.91. The van der Waals surface area contributed by atoms with Crippen LogP contribution >= 0.6 is 0 Å². The third kappa shape index (κ3) is 6.80. The molecule has 1 fully saturated rings. The van der Waals surface area contributed by atoms with Gasteiger partial charge >= 0.3 is 6.09 Å². The molecule has 0 saturated heterocycles. The number of alkyl carbamates (subject to hydrolysis) is 1. The number of nitrogens with one attached hydrogen (secondary N) is 3. The van der Waals surface area contributed by atoms with Gasteiger partial charge in [0.2, 0.25) is 5.95 Å². The second-order valence-corrected chi connectivity index (χ2v) is 10.0. The Balaban J connectivity index is 1.36. The number of hydrogen-bond acceptors (Lipinski definition) is 8. The first-order valence-corrected chi connectivity index (χ1v) is 12.5. The van der Waals surface area contributed by atoms with Crippen molar-refractivity contribution in [1.82, 2.24) is 29.9 Å². The molecule has 1 aliphatic carbocycles. The van der Waals surface area contributed by atoms with Crippen LogP contribution in [0.1, 0.15) is 66.2 Å². The summed E-state index contributed by atoms with van der Waals surface area (Å²) < 4.78 is 7.20. The first-order chi connectivity index (χ1) is 16.8. The zero-order chi connectivity index (χ0) is 24.8. The summed E-state index contributed by atoms with van der Waals surface area (Å²) in [5.74, 6) is 1.42. The summed E-state index contributed by atoms with van der Waals surface area (Å²) in [6.45, 7) is 8.63. The van der Waals surface area contributed by atoms with Crippen molar-refractivity contribution in [3.05, 3.63) is 30.7 Å². The number of nitrogens with zero attached hydrogens (tertiary/aromatic N) is 5. The van der Waals surface area contributed by atoms with Crippen LogP contribution in [-0.4, -0.2) is 54.9 Å². The van der Waals surface area contributed by atoms with Crippen LogP contribution in [-0.2, 0) is 4.74 Å². The molecule has 0 bridgehead atoms. The van der Waals surface area contributed by atoms with E-state index in [1.165, 1.54) is 0 Å². The van der Waals surface area contributed by atoms with E-state index in [2.05, 4.69) is 37.8 Å².